The van der Waals surface area contributed by atoms with Crippen LogP contribution in [0.15, 0.2) is 12.8 Å². The van der Waals surface area contributed by atoms with Gasteiger partial charge >= 0.3 is 0 Å². The summed E-state index contributed by atoms with van der Waals surface area (Å²) >= 11 is 0. The standard InChI is InChI=1S/C30H56O3/c1-3-5-6-7-12-18-23-30(33-27-29-26-32-29,28-21-16-15-17-22-28)24-19-13-10-8-9-11-14-20-25-31-4-2/h4,28-29H,2-3,5-27H2,1H3. The van der Waals surface area contributed by atoms with Gasteiger partial charge in [-0.15, -0.1) is 0 Å². The molecule has 1 aliphatic heterocycles. The van der Waals surface area contributed by atoms with Crippen molar-refractivity contribution in [2.24, 2.45) is 5.92 Å². The average Bonchev–Trinajstić information content (AvgIpc) is 3.68. The van der Waals surface area contributed by atoms with Crippen LogP contribution in [0.2, 0.25) is 0 Å². The Morgan fingerprint density at radius 1 is 0.788 bits per heavy atom. The van der Waals surface area contributed by atoms with Gasteiger partial charge in [-0.3, -0.25) is 0 Å². The predicted octanol–water partition coefficient (Wildman–Crippen LogP) is 9.14. The number of hydrogen-bond acceptors (Lipinski definition) is 3. The van der Waals surface area contributed by atoms with Crippen LogP contribution in [0.3, 0.4) is 0 Å². The summed E-state index contributed by atoms with van der Waals surface area (Å²) in [5.41, 5.74) is 0.127. The number of hydrogen-bond donors (Lipinski definition) is 0. The van der Waals surface area contributed by atoms with Crippen molar-refractivity contribution in [3.05, 3.63) is 12.8 Å². The Kier molecular flexibility index (Phi) is 16.3. The van der Waals surface area contributed by atoms with Crippen LogP contribution >= 0.6 is 0 Å². The Labute approximate surface area is 206 Å². The van der Waals surface area contributed by atoms with Crippen LogP contribution in [-0.2, 0) is 14.2 Å². The van der Waals surface area contributed by atoms with Crippen LogP contribution in [0.1, 0.15) is 142 Å². The van der Waals surface area contributed by atoms with Crippen LogP contribution in [0.4, 0.5) is 0 Å². The molecule has 0 aromatic heterocycles. The molecule has 1 saturated carbocycles. The molecular weight excluding hydrogens is 408 g/mol. The normalized spacial score (nSPS) is 20.5. The molecule has 3 heteroatoms. The van der Waals surface area contributed by atoms with Crippen LogP contribution in [-0.4, -0.2) is 31.5 Å². The Bertz CT molecular complexity index is 455. The van der Waals surface area contributed by atoms with Crippen LogP contribution in [0, 0.1) is 5.92 Å². The molecule has 194 valence electrons. The van der Waals surface area contributed by atoms with E-state index >= 15 is 0 Å². The first kappa shape index (κ1) is 28.7. The molecule has 2 aliphatic rings. The minimum Gasteiger partial charge on any atom is -0.502 e. The second-order valence-corrected chi connectivity index (χ2v) is 10.8. The molecule has 2 unspecified atom stereocenters. The van der Waals surface area contributed by atoms with Gasteiger partial charge in [-0.25, -0.2) is 0 Å². The molecule has 0 amide bonds. The van der Waals surface area contributed by atoms with Gasteiger partial charge in [0.25, 0.3) is 0 Å². The third kappa shape index (κ3) is 13.2. The highest BCUT2D eigenvalue weighted by Crippen LogP contribution is 2.42. The topological polar surface area (TPSA) is 31.0 Å². The van der Waals surface area contributed by atoms with Crippen molar-refractivity contribution in [1.82, 2.24) is 0 Å². The first-order valence-corrected chi connectivity index (χ1v) is 14.8. The van der Waals surface area contributed by atoms with E-state index in [9.17, 15) is 0 Å². The van der Waals surface area contributed by atoms with Crippen molar-refractivity contribution in [3.63, 3.8) is 0 Å². The molecular formula is C30H56O3. The second kappa shape index (κ2) is 18.7. The van der Waals surface area contributed by atoms with E-state index in [1.165, 1.54) is 128 Å². The summed E-state index contributed by atoms with van der Waals surface area (Å²) in [6.45, 7) is 8.49. The summed E-state index contributed by atoms with van der Waals surface area (Å²) in [6.07, 6.45) is 30.4. The lowest BCUT2D eigenvalue weighted by molar-refractivity contribution is -0.114. The molecule has 1 saturated heterocycles. The Hall–Kier alpha value is -0.540. The van der Waals surface area contributed by atoms with Crippen molar-refractivity contribution in [1.29, 1.82) is 0 Å². The Morgan fingerprint density at radius 2 is 1.33 bits per heavy atom. The van der Waals surface area contributed by atoms with Gasteiger partial charge in [0.1, 0.15) is 6.10 Å². The SMILES string of the molecule is C=COCCCCCCCCCCC(CCCCCCCC)(OCC1CO1)C1CCCCC1. The molecule has 0 aromatic rings. The molecule has 2 rings (SSSR count). The van der Waals surface area contributed by atoms with Gasteiger partial charge < -0.3 is 14.2 Å². The maximum absolute atomic E-state index is 6.87. The van der Waals surface area contributed by atoms with E-state index in [1.54, 1.807) is 6.26 Å². The molecule has 1 heterocycles. The third-order valence-electron chi connectivity index (χ3n) is 7.99. The van der Waals surface area contributed by atoms with E-state index in [-0.39, 0.29) is 5.60 Å². The smallest absolute Gasteiger partial charge is 0.104 e. The summed E-state index contributed by atoms with van der Waals surface area (Å²) in [7, 11) is 0. The van der Waals surface area contributed by atoms with E-state index in [1.807, 2.05) is 0 Å². The fourth-order valence-corrected chi connectivity index (χ4v) is 5.81. The van der Waals surface area contributed by atoms with Crippen molar-refractivity contribution in [3.8, 4) is 0 Å². The summed E-state index contributed by atoms with van der Waals surface area (Å²) < 4.78 is 17.6. The monoisotopic (exact) mass is 464 g/mol. The maximum atomic E-state index is 6.87. The van der Waals surface area contributed by atoms with E-state index in [2.05, 4.69) is 13.5 Å². The fraction of sp³-hybridized carbons (Fsp3) is 0.933. The van der Waals surface area contributed by atoms with Crippen molar-refractivity contribution in [2.45, 2.75) is 153 Å². The van der Waals surface area contributed by atoms with Gasteiger partial charge in [0.2, 0.25) is 0 Å². The van der Waals surface area contributed by atoms with Crippen LogP contribution < -0.4 is 0 Å². The molecule has 0 aromatic carbocycles. The first-order valence-electron chi connectivity index (χ1n) is 14.8. The third-order valence-corrected chi connectivity index (χ3v) is 7.99. The predicted molar refractivity (Wildman–Crippen MR) is 141 cm³/mol. The van der Waals surface area contributed by atoms with Crippen molar-refractivity contribution < 1.29 is 14.2 Å². The van der Waals surface area contributed by atoms with Gasteiger partial charge in [0, 0.05) is 0 Å². The van der Waals surface area contributed by atoms with E-state index in [4.69, 9.17) is 14.2 Å². The molecule has 2 fully saturated rings. The largest absolute Gasteiger partial charge is 0.502 e. The molecule has 0 bridgehead atoms. The minimum absolute atomic E-state index is 0.127. The first-order chi connectivity index (χ1) is 16.3. The van der Waals surface area contributed by atoms with E-state index in [0.29, 0.717) is 6.10 Å². The second-order valence-electron chi connectivity index (χ2n) is 10.8. The maximum Gasteiger partial charge on any atom is 0.104 e. The van der Waals surface area contributed by atoms with Gasteiger partial charge in [-0.05, 0) is 38.0 Å². The number of unbranched alkanes of at least 4 members (excludes halogenated alkanes) is 12. The van der Waals surface area contributed by atoms with Gasteiger partial charge in [-0.1, -0.05) is 116 Å². The summed E-state index contributed by atoms with van der Waals surface area (Å²) in [6, 6.07) is 0. The Morgan fingerprint density at radius 3 is 1.88 bits per heavy atom. The zero-order valence-electron chi connectivity index (χ0n) is 22.1. The molecule has 3 nitrogen and oxygen atoms in total. The molecule has 0 radical (unpaired) electrons. The average molecular weight is 465 g/mol. The number of epoxide rings is 1. The van der Waals surface area contributed by atoms with Crippen molar-refractivity contribution in [2.75, 3.05) is 19.8 Å². The number of ether oxygens (including phenoxy) is 3. The van der Waals surface area contributed by atoms with E-state index < -0.39 is 0 Å². The highest BCUT2D eigenvalue weighted by molar-refractivity contribution is 4.91. The molecule has 0 spiro atoms. The molecule has 2 atom stereocenters. The zero-order valence-corrected chi connectivity index (χ0v) is 22.1. The van der Waals surface area contributed by atoms with Crippen LogP contribution in [0.5, 0.6) is 0 Å². The quantitative estimate of drug-likeness (QED) is 0.0858. The van der Waals surface area contributed by atoms with Gasteiger partial charge in [0.15, 0.2) is 0 Å². The highest BCUT2D eigenvalue weighted by Gasteiger charge is 2.40. The molecule has 1 aliphatic carbocycles. The summed E-state index contributed by atoms with van der Waals surface area (Å²) in [5.74, 6) is 0.776. The lowest BCUT2D eigenvalue weighted by Crippen LogP contribution is -2.43. The fourth-order valence-electron chi connectivity index (χ4n) is 5.81. The van der Waals surface area contributed by atoms with Crippen LogP contribution in [0.25, 0.3) is 0 Å². The number of rotatable bonds is 23. The molecule has 33 heavy (non-hydrogen) atoms. The van der Waals surface area contributed by atoms with Gasteiger partial charge in [0.05, 0.1) is 31.7 Å². The van der Waals surface area contributed by atoms with Gasteiger partial charge in [-0.2, -0.15) is 0 Å². The Balaban J connectivity index is 1.74. The zero-order chi connectivity index (χ0) is 23.5. The van der Waals surface area contributed by atoms with Crippen molar-refractivity contribution >= 4 is 0 Å². The minimum atomic E-state index is 0.127. The summed E-state index contributed by atoms with van der Waals surface area (Å²) in [5, 5.41) is 0. The highest BCUT2D eigenvalue weighted by atomic mass is 16.6. The lowest BCUT2D eigenvalue weighted by Gasteiger charge is -2.43. The summed E-state index contributed by atoms with van der Waals surface area (Å²) in [4.78, 5) is 0. The molecule has 0 N–H and O–H groups in total. The lowest BCUT2D eigenvalue weighted by atomic mass is 9.71. The van der Waals surface area contributed by atoms with E-state index in [0.717, 1.165) is 32.2 Å².